The third-order valence-electron chi connectivity index (χ3n) is 3.64. The van der Waals surface area contributed by atoms with Gasteiger partial charge >= 0.3 is 5.97 Å². The van der Waals surface area contributed by atoms with Crippen molar-refractivity contribution >= 4 is 17.6 Å². The zero-order valence-corrected chi connectivity index (χ0v) is 12.0. The van der Waals surface area contributed by atoms with E-state index >= 15 is 0 Å². The van der Waals surface area contributed by atoms with Crippen LogP contribution in [0.4, 0.5) is 5.69 Å². The minimum Gasteiger partial charge on any atom is -0.491 e. The maximum absolute atomic E-state index is 11.9. The lowest BCUT2D eigenvalue weighted by molar-refractivity contribution is -0.138. The molecule has 1 aliphatic heterocycles. The zero-order valence-electron chi connectivity index (χ0n) is 12.0. The number of carboxylic acids is 1. The van der Waals surface area contributed by atoms with Gasteiger partial charge in [0.1, 0.15) is 5.75 Å². The summed E-state index contributed by atoms with van der Waals surface area (Å²) in [5, 5.41) is 9.00. The first kappa shape index (κ1) is 14.4. The van der Waals surface area contributed by atoms with Gasteiger partial charge in [-0.3, -0.25) is 9.59 Å². The van der Waals surface area contributed by atoms with Crippen LogP contribution in [0.15, 0.2) is 18.2 Å². The SMILES string of the molecule is CN1C(=O)CCOc2ccc(C(C)(C)CC(=O)O)cc21. The van der Waals surface area contributed by atoms with Crippen LogP contribution in [-0.4, -0.2) is 30.6 Å². The summed E-state index contributed by atoms with van der Waals surface area (Å²) >= 11 is 0. The number of ether oxygens (including phenoxy) is 1. The second kappa shape index (κ2) is 5.15. The highest BCUT2D eigenvalue weighted by Gasteiger charge is 2.27. The maximum Gasteiger partial charge on any atom is 0.304 e. The molecule has 5 heteroatoms. The summed E-state index contributed by atoms with van der Waals surface area (Å²) in [4.78, 5) is 24.4. The number of amides is 1. The average Bonchev–Trinajstić information content (AvgIpc) is 2.48. The van der Waals surface area contributed by atoms with Crippen molar-refractivity contribution in [3.63, 3.8) is 0 Å². The second-order valence-electron chi connectivity index (χ2n) is 5.69. The van der Waals surface area contributed by atoms with Gasteiger partial charge in [-0.15, -0.1) is 0 Å². The van der Waals surface area contributed by atoms with Gasteiger partial charge in [0.25, 0.3) is 0 Å². The third kappa shape index (κ3) is 2.76. The van der Waals surface area contributed by atoms with E-state index in [1.165, 1.54) is 0 Å². The highest BCUT2D eigenvalue weighted by Crippen LogP contribution is 2.36. The van der Waals surface area contributed by atoms with Gasteiger partial charge in [0, 0.05) is 12.5 Å². The summed E-state index contributed by atoms with van der Waals surface area (Å²) in [6, 6.07) is 5.52. The van der Waals surface area contributed by atoms with Crippen LogP contribution in [0.1, 0.15) is 32.3 Å². The molecule has 0 bridgehead atoms. The molecule has 1 aromatic rings. The van der Waals surface area contributed by atoms with Crippen LogP contribution in [0.3, 0.4) is 0 Å². The van der Waals surface area contributed by atoms with Gasteiger partial charge in [-0.1, -0.05) is 19.9 Å². The molecule has 0 fully saturated rings. The number of carbonyl (C=O) groups excluding carboxylic acids is 1. The van der Waals surface area contributed by atoms with Crippen LogP contribution in [0.5, 0.6) is 5.75 Å². The standard InChI is InChI=1S/C15H19NO4/c1-15(2,9-14(18)19)10-4-5-12-11(8-10)16(3)13(17)6-7-20-12/h4-5,8H,6-7,9H2,1-3H3,(H,18,19). The maximum atomic E-state index is 11.9. The quantitative estimate of drug-likeness (QED) is 0.919. The van der Waals surface area contributed by atoms with E-state index in [1.54, 1.807) is 11.9 Å². The Morgan fingerprint density at radius 3 is 2.80 bits per heavy atom. The minimum atomic E-state index is -0.842. The molecule has 1 amide bonds. The molecular formula is C15H19NO4. The fraction of sp³-hybridized carbons (Fsp3) is 0.467. The van der Waals surface area contributed by atoms with Gasteiger partial charge in [-0.05, 0) is 17.7 Å². The highest BCUT2D eigenvalue weighted by molar-refractivity contribution is 5.95. The van der Waals surface area contributed by atoms with Crippen molar-refractivity contribution in [2.75, 3.05) is 18.6 Å². The summed E-state index contributed by atoms with van der Waals surface area (Å²) in [6.45, 7) is 4.12. The molecule has 1 aromatic carbocycles. The zero-order chi connectivity index (χ0) is 14.9. The Bertz CT molecular complexity index is 551. The Labute approximate surface area is 118 Å². The molecule has 108 valence electrons. The van der Waals surface area contributed by atoms with Gasteiger partial charge in [-0.25, -0.2) is 0 Å². The molecular weight excluding hydrogens is 258 g/mol. The number of benzene rings is 1. The normalized spacial score (nSPS) is 15.3. The van der Waals surface area contributed by atoms with Crippen LogP contribution in [0.2, 0.25) is 0 Å². The first-order valence-corrected chi connectivity index (χ1v) is 6.57. The van der Waals surface area contributed by atoms with Crippen LogP contribution in [-0.2, 0) is 15.0 Å². The van der Waals surface area contributed by atoms with E-state index in [2.05, 4.69) is 0 Å². The summed E-state index contributed by atoms with van der Waals surface area (Å²) < 4.78 is 5.56. The molecule has 0 aliphatic carbocycles. The smallest absolute Gasteiger partial charge is 0.304 e. The topological polar surface area (TPSA) is 66.8 Å². The van der Waals surface area contributed by atoms with Crippen LogP contribution in [0, 0.1) is 0 Å². The summed E-state index contributed by atoms with van der Waals surface area (Å²) in [5.41, 5.74) is 1.07. The number of aliphatic carboxylic acids is 1. The van der Waals surface area contributed by atoms with Crippen molar-refractivity contribution in [1.82, 2.24) is 0 Å². The van der Waals surface area contributed by atoms with E-state index in [-0.39, 0.29) is 12.3 Å². The molecule has 0 saturated heterocycles. The predicted octanol–water partition coefficient (Wildman–Crippen LogP) is 2.18. The lowest BCUT2D eigenvalue weighted by Crippen LogP contribution is -2.26. The molecule has 1 heterocycles. The molecule has 5 nitrogen and oxygen atoms in total. The first-order chi connectivity index (χ1) is 9.31. The Hall–Kier alpha value is -2.04. The molecule has 1 N–H and O–H groups in total. The Kier molecular flexibility index (Phi) is 3.70. The molecule has 20 heavy (non-hydrogen) atoms. The molecule has 0 spiro atoms. The monoisotopic (exact) mass is 277 g/mol. The van der Waals surface area contributed by atoms with Crippen molar-refractivity contribution in [2.45, 2.75) is 32.1 Å². The van der Waals surface area contributed by atoms with Crippen molar-refractivity contribution in [2.24, 2.45) is 0 Å². The lowest BCUT2D eigenvalue weighted by atomic mass is 9.81. The minimum absolute atomic E-state index is 0.00283. The van der Waals surface area contributed by atoms with Crippen molar-refractivity contribution < 1.29 is 19.4 Å². The third-order valence-corrected chi connectivity index (χ3v) is 3.64. The van der Waals surface area contributed by atoms with E-state index in [0.717, 1.165) is 5.56 Å². The van der Waals surface area contributed by atoms with Crippen LogP contribution < -0.4 is 9.64 Å². The second-order valence-corrected chi connectivity index (χ2v) is 5.69. The predicted molar refractivity (Wildman–Crippen MR) is 75.2 cm³/mol. The van der Waals surface area contributed by atoms with Gasteiger partial charge in [0.05, 0.1) is 25.1 Å². The van der Waals surface area contributed by atoms with Crippen molar-refractivity contribution in [1.29, 1.82) is 0 Å². The lowest BCUT2D eigenvalue weighted by Gasteiger charge is -2.25. The number of nitrogens with zero attached hydrogens (tertiary/aromatic N) is 1. The fourth-order valence-corrected chi connectivity index (χ4v) is 2.35. The van der Waals surface area contributed by atoms with Gasteiger partial charge < -0.3 is 14.7 Å². The van der Waals surface area contributed by atoms with E-state index < -0.39 is 11.4 Å². The molecule has 0 radical (unpaired) electrons. The number of hydrogen-bond acceptors (Lipinski definition) is 3. The largest absolute Gasteiger partial charge is 0.491 e. The van der Waals surface area contributed by atoms with Crippen LogP contribution >= 0.6 is 0 Å². The molecule has 0 saturated carbocycles. The number of hydrogen-bond donors (Lipinski definition) is 1. The Morgan fingerprint density at radius 1 is 1.45 bits per heavy atom. The number of fused-ring (bicyclic) bond motifs is 1. The summed E-state index contributed by atoms with van der Waals surface area (Å²) in [5.74, 6) is -0.184. The summed E-state index contributed by atoms with van der Waals surface area (Å²) in [7, 11) is 1.71. The van der Waals surface area contributed by atoms with Gasteiger partial charge in [0.15, 0.2) is 0 Å². The van der Waals surface area contributed by atoms with Crippen LogP contribution in [0.25, 0.3) is 0 Å². The summed E-state index contributed by atoms with van der Waals surface area (Å²) in [6.07, 6.45) is 0.378. The number of anilines is 1. The molecule has 0 atom stereocenters. The highest BCUT2D eigenvalue weighted by atomic mass is 16.5. The van der Waals surface area contributed by atoms with Crippen molar-refractivity contribution in [3.05, 3.63) is 23.8 Å². The van der Waals surface area contributed by atoms with E-state index in [1.807, 2.05) is 32.0 Å². The first-order valence-electron chi connectivity index (χ1n) is 6.57. The molecule has 0 aromatic heterocycles. The van der Waals surface area contributed by atoms with Gasteiger partial charge in [0.2, 0.25) is 5.91 Å². The van der Waals surface area contributed by atoms with Crippen molar-refractivity contribution in [3.8, 4) is 5.75 Å². The Balaban J connectivity index is 2.42. The number of rotatable bonds is 3. The molecule has 0 unspecified atom stereocenters. The van der Waals surface area contributed by atoms with E-state index in [9.17, 15) is 9.59 Å². The Morgan fingerprint density at radius 2 is 2.15 bits per heavy atom. The fourth-order valence-electron chi connectivity index (χ4n) is 2.35. The van der Waals surface area contributed by atoms with E-state index in [4.69, 9.17) is 9.84 Å². The molecule has 2 rings (SSSR count). The molecule has 1 aliphatic rings. The van der Waals surface area contributed by atoms with Gasteiger partial charge in [-0.2, -0.15) is 0 Å². The number of carbonyl (C=O) groups is 2. The van der Waals surface area contributed by atoms with E-state index in [0.29, 0.717) is 24.5 Å². The average molecular weight is 277 g/mol. The number of carboxylic acid groups (broad SMARTS) is 1.